The first kappa shape index (κ1) is 19.4. The number of fused-ring (bicyclic) bond motifs is 1. The van der Waals surface area contributed by atoms with Gasteiger partial charge in [-0.2, -0.15) is 0 Å². The first-order chi connectivity index (χ1) is 12.1. The normalized spacial score (nSPS) is 23.0. The molecule has 26 heavy (non-hydrogen) atoms. The van der Waals surface area contributed by atoms with Gasteiger partial charge in [-0.05, 0) is 38.0 Å². The number of ether oxygens (including phenoxy) is 1. The van der Waals surface area contributed by atoms with E-state index in [-0.39, 0.29) is 29.8 Å². The number of nitrogens with one attached hydrogen (secondary N) is 1. The second kappa shape index (κ2) is 7.72. The maximum Gasteiger partial charge on any atom is 0.194 e. The molecule has 5 nitrogen and oxygen atoms in total. The van der Waals surface area contributed by atoms with Gasteiger partial charge < -0.3 is 19.4 Å². The molecule has 1 atom stereocenters. The van der Waals surface area contributed by atoms with Crippen LogP contribution < -0.4 is 5.32 Å². The van der Waals surface area contributed by atoms with Crippen molar-refractivity contribution in [2.75, 3.05) is 33.4 Å². The molecule has 2 fully saturated rings. The lowest BCUT2D eigenvalue weighted by Gasteiger charge is -2.24. The molecule has 0 amide bonds. The van der Waals surface area contributed by atoms with Gasteiger partial charge in [-0.3, -0.25) is 4.99 Å². The molecule has 1 aromatic heterocycles. The summed E-state index contributed by atoms with van der Waals surface area (Å²) in [6, 6.07) is 4.63. The van der Waals surface area contributed by atoms with E-state index in [1.54, 1.807) is 13.1 Å². The summed E-state index contributed by atoms with van der Waals surface area (Å²) in [5, 5.41) is 4.23. The molecule has 7 heteroatoms. The smallest absolute Gasteiger partial charge is 0.194 e. The van der Waals surface area contributed by atoms with Gasteiger partial charge in [-0.1, -0.05) is 0 Å². The zero-order valence-corrected chi connectivity index (χ0v) is 17.5. The first-order valence-electron chi connectivity index (χ1n) is 8.81. The molecule has 142 valence electrons. The number of hydrogen-bond donors (Lipinski definition) is 1. The fourth-order valence-electron chi connectivity index (χ4n) is 3.99. The average Bonchev–Trinajstić information content (AvgIpc) is 3.31. The highest BCUT2D eigenvalue weighted by atomic mass is 127. The predicted molar refractivity (Wildman–Crippen MR) is 111 cm³/mol. The number of rotatable bonds is 2. The number of likely N-dealkylation sites (tertiary alicyclic amines) is 1. The molecule has 0 bridgehead atoms. The summed E-state index contributed by atoms with van der Waals surface area (Å²) >= 11 is 0. The van der Waals surface area contributed by atoms with Crippen molar-refractivity contribution in [3.63, 3.8) is 0 Å². The van der Waals surface area contributed by atoms with Crippen LogP contribution in [0, 0.1) is 18.2 Å². The highest BCUT2D eigenvalue weighted by Crippen LogP contribution is 2.38. The van der Waals surface area contributed by atoms with Gasteiger partial charge in [0.2, 0.25) is 0 Å². The van der Waals surface area contributed by atoms with Crippen LogP contribution in [-0.2, 0) is 11.3 Å². The summed E-state index contributed by atoms with van der Waals surface area (Å²) in [6.07, 6.45) is 2.28. The Kier molecular flexibility index (Phi) is 5.76. The van der Waals surface area contributed by atoms with Gasteiger partial charge in [0.15, 0.2) is 5.96 Å². The van der Waals surface area contributed by atoms with Crippen LogP contribution in [0.2, 0.25) is 0 Å². The van der Waals surface area contributed by atoms with Gasteiger partial charge in [0.25, 0.3) is 0 Å². The Morgan fingerprint density at radius 1 is 1.38 bits per heavy atom. The quantitative estimate of drug-likeness (QED) is 0.411. The van der Waals surface area contributed by atoms with E-state index in [0.29, 0.717) is 17.5 Å². The number of furan rings is 1. The lowest BCUT2D eigenvalue weighted by Crippen LogP contribution is -2.41. The molecule has 1 N–H and O–H groups in total. The maximum absolute atomic E-state index is 13.5. The van der Waals surface area contributed by atoms with Crippen molar-refractivity contribution in [1.82, 2.24) is 10.2 Å². The lowest BCUT2D eigenvalue weighted by molar-refractivity contribution is 0.156. The zero-order chi connectivity index (χ0) is 17.4. The fraction of sp³-hybridized carbons (Fsp3) is 0.526. The Balaban J connectivity index is 0.00000196. The summed E-state index contributed by atoms with van der Waals surface area (Å²) in [4.78, 5) is 6.72. The van der Waals surface area contributed by atoms with Gasteiger partial charge in [0.1, 0.15) is 17.2 Å². The lowest BCUT2D eigenvalue weighted by atomic mass is 9.87. The Hall–Kier alpha value is -1.35. The van der Waals surface area contributed by atoms with Crippen LogP contribution >= 0.6 is 24.0 Å². The molecule has 1 unspecified atom stereocenters. The van der Waals surface area contributed by atoms with Gasteiger partial charge in [0, 0.05) is 43.1 Å². The predicted octanol–water partition coefficient (Wildman–Crippen LogP) is 3.69. The number of aliphatic imine (C=N–C) groups is 1. The van der Waals surface area contributed by atoms with Gasteiger partial charge in [-0.25, -0.2) is 4.39 Å². The van der Waals surface area contributed by atoms with Crippen LogP contribution in [-0.4, -0.2) is 44.2 Å². The molecule has 0 saturated carbocycles. The number of nitrogens with zero attached hydrogens (tertiary/aromatic N) is 2. The Morgan fingerprint density at radius 3 is 2.96 bits per heavy atom. The molecule has 0 radical (unpaired) electrons. The van der Waals surface area contributed by atoms with Crippen molar-refractivity contribution < 1.29 is 13.5 Å². The number of aryl methyl sites for hydroxylation is 1. The van der Waals surface area contributed by atoms with Gasteiger partial charge in [0.05, 0.1) is 13.2 Å². The second-order valence-corrected chi connectivity index (χ2v) is 7.17. The van der Waals surface area contributed by atoms with E-state index in [1.807, 2.05) is 6.92 Å². The molecule has 2 aliphatic heterocycles. The van der Waals surface area contributed by atoms with Crippen LogP contribution in [0.25, 0.3) is 11.0 Å². The SMILES string of the molecule is CN=C(NCc1oc2ccc(F)cc2c1C)N1CCC2(CCOC2)C1.I. The standard InChI is InChI=1S/C19H24FN3O2.HI/c1-13-15-9-14(20)3-4-16(15)25-17(13)10-22-18(21-2)23-7-5-19(11-23)6-8-24-12-19;/h3-4,9H,5-8,10-12H2,1-2H3,(H,21,22);1H. The van der Waals surface area contributed by atoms with Gasteiger partial charge in [-0.15, -0.1) is 24.0 Å². The summed E-state index contributed by atoms with van der Waals surface area (Å²) in [6.45, 7) is 6.20. The molecular weight excluding hydrogens is 448 g/mol. The van der Waals surface area contributed by atoms with Crippen molar-refractivity contribution in [2.45, 2.75) is 26.3 Å². The largest absolute Gasteiger partial charge is 0.459 e. The highest BCUT2D eigenvalue weighted by Gasteiger charge is 2.42. The first-order valence-corrected chi connectivity index (χ1v) is 8.81. The molecule has 0 aliphatic carbocycles. The van der Waals surface area contributed by atoms with Crippen LogP contribution in [0.5, 0.6) is 0 Å². The number of halogens is 2. The molecule has 2 aliphatic rings. The third kappa shape index (κ3) is 3.55. The molecule has 2 saturated heterocycles. The summed E-state index contributed by atoms with van der Waals surface area (Å²) in [5.41, 5.74) is 1.98. The van der Waals surface area contributed by atoms with Crippen LogP contribution in [0.3, 0.4) is 0 Å². The Morgan fingerprint density at radius 2 is 2.23 bits per heavy atom. The molecule has 1 aromatic carbocycles. The van der Waals surface area contributed by atoms with Gasteiger partial charge >= 0.3 is 0 Å². The number of benzene rings is 1. The third-order valence-electron chi connectivity index (χ3n) is 5.54. The Bertz CT molecular complexity index is 814. The average molecular weight is 473 g/mol. The van der Waals surface area contributed by atoms with E-state index in [0.717, 1.165) is 61.8 Å². The van der Waals surface area contributed by atoms with Crippen LogP contribution in [0.4, 0.5) is 4.39 Å². The van der Waals surface area contributed by atoms with Crippen molar-refractivity contribution in [1.29, 1.82) is 0 Å². The minimum atomic E-state index is -0.243. The van der Waals surface area contributed by atoms with E-state index in [9.17, 15) is 4.39 Å². The third-order valence-corrected chi connectivity index (χ3v) is 5.54. The van der Waals surface area contributed by atoms with E-state index >= 15 is 0 Å². The van der Waals surface area contributed by atoms with E-state index in [1.165, 1.54) is 12.1 Å². The molecule has 3 heterocycles. The summed E-state index contributed by atoms with van der Waals surface area (Å²) in [5.74, 6) is 1.46. The molecular formula is C19H25FIN3O2. The minimum absolute atomic E-state index is 0. The molecule has 2 aromatic rings. The van der Waals surface area contributed by atoms with Crippen molar-refractivity contribution in [3.8, 4) is 0 Å². The second-order valence-electron chi connectivity index (χ2n) is 7.17. The summed E-state index contributed by atoms with van der Waals surface area (Å²) < 4.78 is 24.9. The van der Waals surface area contributed by atoms with Crippen molar-refractivity contribution in [3.05, 3.63) is 35.3 Å². The fourth-order valence-corrected chi connectivity index (χ4v) is 3.99. The molecule has 4 rings (SSSR count). The Labute approximate surface area is 170 Å². The molecule has 1 spiro atoms. The monoisotopic (exact) mass is 473 g/mol. The van der Waals surface area contributed by atoms with E-state index in [2.05, 4.69) is 15.2 Å². The van der Waals surface area contributed by atoms with E-state index < -0.39 is 0 Å². The van der Waals surface area contributed by atoms with Crippen LogP contribution in [0.1, 0.15) is 24.2 Å². The zero-order valence-electron chi connectivity index (χ0n) is 15.2. The maximum atomic E-state index is 13.5. The van der Waals surface area contributed by atoms with Crippen molar-refractivity contribution >= 4 is 40.9 Å². The topological polar surface area (TPSA) is 50.0 Å². The number of guanidine groups is 1. The summed E-state index contributed by atoms with van der Waals surface area (Å²) in [7, 11) is 1.80. The highest BCUT2D eigenvalue weighted by molar-refractivity contribution is 14.0. The minimum Gasteiger partial charge on any atom is -0.459 e. The number of hydrogen-bond acceptors (Lipinski definition) is 3. The van der Waals surface area contributed by atoms with E-state index in [4.69, 9.17) is 9.15 Å². The van der Waals surface area contributed by atoms with Crippen molar-refractivity contribution in [2.24, 2.45) is 10.4 Å². The van der Waals surface area contributed by atoms with Crippen LogP contribution in [0.15, 0.2) is 27.6 Å².